The molecule has 20 heavy (non-hydrogen) atoms. The summed E-state index contributed by atoms with van der Waals surface area (Å²) < 4.78 is 18.8. The SMILES string of the molecule is CNC(c1ccc(Cl)c(Cl)c1)c1cc(F)ccc1OC. The fourth-order valence-corrected chi connectivity index (χ4v) is 2.43. The van der Waals surface area contributed by atoms with Crippen molar-refractivity contribution in [2.24, 2.45) is 0 Å². The van der Waals surface area contributed by atoms with Gasteiger partial charge in [-0.3, -0.25) is 0 Å². The summed E-state index contributed by atoms with van der Waals surface area (Å²) in [6.45, 7) is 0. The van der Waals surface area contributed by atoms with Gasteiger partial charge in [-0.15, -0.1) is 0 Å². The first-order valence-corrected chi connectivity index (χ1v) is 6.78. The van der Waals surface area contributed by atoms with Crippen LogP contribution in [-0.4, -0.2) is 14.2 Å². The molecule has 1 N–H and O–H groups in total. The van der Waals surface area contributed by atoms with Gasteiger partial charge in [0, 0.05) is 5.56 Å². The van der Waals surface area contributed by atoms with Crippen LogP contribution in [0.5, 0.6) is 5.75 Å². The molecule has 0 fully saturated rings. The third kappa shape index (κ3) is 3.06. The molecule has 0 bridgehead atoms. The Balaban J connectivity index is 2.51. The molecule has 2 aromatic carbocycles. The van der Waals surface area contributed by atoms with Crippen LogP contribution in [0, 0.1) is 5.82 Å². The van der Waals surface area contributed by atoms with Gasteiger partial charge in [-0.25, -0.2) is 4.39 Å². The molecule has 0 aliphatic carbocycles. The summed E-state index contributed by atoms with van der Waals surface area (Å²) in [5.74, 6) is 0.290. The van der Waals surface area contributed by atoms with Gasteiger partial charge >= 0.3 is 0 Å². The molecule has 0 spiro atoms. The standard InChI is InChI=1S/C15H14Cl2FNO/c1-19-15(9-3-5-12(16)13(17)7-9)11-8-10(18)4-6-14(11)20-2/h3-8,15,19H,1-2H3. The van der Waals surface area contributed by atoms with E-state index in [2.05, 4.69) is 5.32 Å². The van der Waals surface area contributed by atoms with Crippen molar-refractivity contribution in [1.82, 2.24) is 5.32 Å². The summed E-state index contributed by atoms with van der Waals surface area (Å²) in [5.41, 5.74) is 1.58. The van der Waals surface area contributed by atoms with Crippen molar-refractivity contribution in [1.29, 1.82) is 0 Å². The molecule has 2 nitrogen and oxygen atoms in total. The number of hydrogen-bond acceptors (Lipinski definition) is 2. The third-order valence-electron chi connectivity index (χ3n) is 3.07. The molecule has 0 radical (unpaired) electrons. The lowest BCUT2D eigenvalue weighted by Gasteiger charge is -2.20. The third-order valence-corrected chi connectivity index (χ3v) is 3.81. The van der Waals surface area contributed by atoms with E-state index >= 15 is 0 Å². The lowest BCUT2D eigenvalue weighted by molar-refractivity contribution is 0.404. The van der Waals surface area contributed by atoms with E-state index in [1.54, 1.807) is 32.4 Å². The van der Waals surface area contributed by atoms with Crippen molar-refractivity contribution in [2.45, 2.75) is 6.04 Å². The van der Waals surface area contributed by atoms with Crippen LogP contribution in [-0.2, 0) is 0 Å². The minimum absolute atomic E-state index is 0.240. The van der Waals surface area contributed by atoms with E-state index in [4.69, 9.17) is 27.9 Å². The number of hydrogen-bond donors (Lipinski definition) is 1. The highest BCUT2D eigenvalue weighted by molar-refractivity contribution is 6.42. The number of nitrogens with one attached hydrogen (secondary N) is 1. The maximum absolute atomic E-state index is 13.5. The highest BCUT2D eigenvalue weighted by atomic mass is 35.5. The van der Waals surface area contributed by atoms with Crippen LogP contribution in [0.1, 0.15) is 17.2 Å². The van der Waals surface area contributed by atoms with Gasteiger partial charge in [-0.1, -0.05) is 29.3 Å². The van der Waals surface area contributed by atoms with Crippen molar-refractivity contribution < 1.29 is 9.13 Å². The van der Waals surface area contributed by atoms with Gasteiger partial charge in [0.1, 0.15) is 11.6 Å². The smallest absolute Gasteiger partial charge is 0.124 e. The van der Waals surface area contributed by atoms with E-state index in [9.17, 15) is 4.39 Å². The van der Waals surface area contributed by atoms with Crippen LogP contribution in [0.3, 0.4) is 0 Å². The van der Waals surface area contributed by atoms with Crippen LogP contribution in [0.25, 0.3) is 0 Å². The first-order valence-electron chi connectivity index (χ1n) is 6.02. The monoisotopic (exact) mass is 313 g/mol. The molecule has 5 heteroatoms. The van der Waals surface area contributed by atoms with Crippen LogP contribution < -0.4 is 10.1 Å². The molecule has 2 aromatic rings. The van der Waals surface area contributed by atoms with Crippen LogP contribution >= 0.6 is 23.2 Å². The number of ether oxygens (including phenoxy) is 1. The van der Waals surface area contributed by atoms with Gasteiger partial charge in [0.25, 0.3) is 0 Å². The summed E-state index contributed by atoms with van der Waals surface area (Å²) in [4.78, 5) is 0. The van der Waals surface area contributed by atoms with Crippen LogP contribution in [0.2, 0.25) is 10.0 Å². The van der Waals surface area contributed by atoms with E-state index in [1.807, 2.05) is 6.07 Å². The van der Waals surface area contributed by atoms with Gasteiger partial charge in [0.15, 0.2) is 0 Å². The summed E-state index contributed by atoms with van der Waals surface area (Å²) in [6.07, 6.45) is 0. The molecule has 0 amide bonds. The second-order valence-corrected chi connectivity index (χ2v) is 5.10. The quantitative estimate of drug-likeness (QED) is 0.900. The molecule has 0 aromatic heterocycles. The maximum atomic E-state index is 13.5. The molecule has 0 heterocycles. The van der Waals surface area contributed by atoms with E-state index in [0.717, 1.165) is 5.56 Å². The average Bonchev–Trinajstić information content (AvgIpc) is 2.44. The van der Waals surface area contributed by atoms with Crippen LogP contribution in [0.15, 0.2) is 36.4 Å². The number of methoxy groups -OCH3 is 1. The molecule has 0 aliphatic rings. The van der Waals surface area contributed by atoms with Crippen molar-refractivity contribution in [3.63, 3.8) is 0 Å². The Bertz CT molecular complexity index is 619. The highest BCUT2D eigenvalue weighted by Crippen LogP contribution is 2.33. The Morgan fingerprint density at radius 2 is 1.85 bits per heavy atom. The largest absolute Gasteiger partial charge is 0.496 e. The molecule has 2 rings (SSSR count). The molecule has 0 saturated heterocycles. The van der Waals surface area contributed by atoms with E-state index < -0.39 is 0 Å². The zero-order valence-corrected chi connectivity index (χ0v) is 12.6. The maximum Gasteiger partial charge on any atom is 0.124 e. The van der Waals surface area contributed by atoms with Gasteiger partial charge in [0.2, 0.25) is 0 Å². The van der Waals surface area contributed by atoms with Crippen molar-refractivity contribution in [3.8, 4) is 5.75 Å². The van der Waals surface area contributed by atoms with Gasteiger partial charge in [-0.05, 0) is 42.9 Å². The highest BCUT2D eigenvalue weighted by Gasteiger charge is 2.18. The molecule has 106 valence electrons. The summed E-state index contributed by atoms with van der Waals surface area (Å²) >= 11 is 12.0. The minimum Gasteiger partial charge on any atom is -0.496 e. The second kappa shape index (κ2) is 6.44. The normalized spacial score (nSPS) is 12.2. The summed E-state index contributed by atoms with van der Waals surface area (Å²) in [5, 5.41) is 4.08. The topological polar surface area (TPSA) is 21.3 Å². The zero-order valence-electron chi connectivity index (χ0n) is 11.1. The molecular formula is C15H14Cl2FNO. The Hall–Kier alpha value is -1.29. The van der Waals surface area contributed by atoms with Gasteiger partial charge in [-0.2, -0.15) is 0 Å². The Kier molecular flexibility index (Phi) is 4.86. The van der Waals surface area contributed by atoms with Crippen molar-refractivity contribution in [3.05, 3.63) is 63.4 Å². The molecule has 0 saturated carbocycles. The number of rotatable bonds is 4. The Labute approximate surface area is 127 Å². The zero-order chi connectivity index (χ0) is 14.7. The number of benzene rings is 2. The Morgan fingerprint density at radius 3 is 2.45 bits per heavy atom. The average molecular weight is 314 g/mol. The summed E-state index contributed by atoms with van der Waals surface area (Å²) in [7, 11) is 3.34. The van der Waals surface area contributed by atoms with Crippen molar-refractivity contribution in [2.75, 3.05) is 14.2 Å². The first kappa shape index (κ1) is 15.1. The lowest BCUT2D eigenvalue weighted by atomic mass is 9.98. The fraction of sp³-hybridized carbons (Fsp3) is 0.200. The fourth-order valence-electron chi connectivity index (χ4n) is 2.12. The molecule has 1 unspecified atom stereocenters. The van der Waals surface area contributed by atoms with Crippen molar-refractivity contribution >= 4 is 23.2 Å². The molecular weight excluding hydrogens is 300 g/mol. The van der Waals surface area contributed by atoms with Gasteiger partial charge < -0.3 is 10.1 Å². The predicted octanol–water partition coefficient (Wildman–Crippen LogP) is 4.45. The van der Waals surface area contributed by atoms with Crippen LogP contribution in [0.4, 0.5) is 4.39 Å². The van der Waals surface area contributed by atoms with E-state index in [1.165, 1.54) is 12.1 Å². The lowest BCUT2D eigenvalue weighted by Crippen LogP contribution is -2.18. The summed E-state index contributed by atoms with van der Waals surface area (Å²) in [6, 6.07) is 9.50. The Morgan fingerprint density at radius 1 is 1.10 bits per heavy atom. The predicted molar refractivity (Wildman–Crippen MR) is 80.3 cm³/mol. The number of halogens is 3. The first-order chi connectivity index (χ1) is 9.56. The van der Waals surface area contributed by atoms with E-state index in [0.29, 0.717) is 21.4 Å². The van der Waals surface area contributed by atoms with E-state index in [-0.39, 0.29) is 11.9 Å². The molecule has 0 aliphatic heterocycles. The molecule has 1 atom stereocenters. The minimum atomic E-state index is -0.318. The van der Waals surface area contributed by atoms with Gasteiger partial charge in [0.05, 0.1) is 23.2 Å². The second-order valence-electron chi connectivity index (χ2n) is 4.28.